The zero-order valence-electron chi connectivity index (χ0n) is 11.7. The predicted molar refractivity (Wildman–Crippen MR) is 79.7 cm³/mol. The van der Waals surface area contributed by atoms with Gasteiger partial charge in [0.1, 0.15) is 0 Å². The molecule has 2 N–H and O–H groups in total. The second-order valence-corrected chi connectivity index (χ2v) is 5.36. The van der Waals surface area contributed by atoms with E-state index >= 15 is 0 Å². The van der Waals surface area contributed by atoms with Crippen molar-refractivity contribution >= 4 is 10.9 Å². The van der Waals surface area contributed by atoms with Crippen molar-refractivity contribution in [1.29, 1.82) is 0 Å². The molecule has 0 spiro atoms. The van der Waals surface area contributed by atoms with Gasteiger partial charge in [0.05, 0.1) is 19.8 Å². The zero-order valence-corrected chi connectivity index (χ0v) is 11.7. The normalized spacial score (nSPS) is 15.1. The molecular weight excluding hydrogens is 252 g/mol. The standard InChI is InChI=1S/C16H22N2O2/c19-8-10-20-9-7-18-12-13(11-17-14-5-6-14)15-3-1-2-4-16(15)18/h1-4,12,14,17,19H,5-11H2. The minimum atomic E-state index is 0.0863. The van der Waals surface area contributed by atoms with Crippen molar-refractivity contribution in [2.45, 2.75) is 32.0 Å². The van der Waals surface area contributed by atoms with Gasteiger partial charge < -0.3 is 19.7 Å². The van der Waals surface area contributed by atoms with E-state index in [1.165, 1.54) is 29.3 Å². The Hall–Kier alpha value is -1.36. The number of benzene rings is 1. The summed E-state index contributed by atoms with van der Waals surface area (Å²) in [7, 11) is 0. The van der Waals surface area contributed by atoms with Crippen molar-refractivity contribution in [1.82, 2.24) is 9.88 Å². The van der Waals surface area contributed by atoms with E-state index in [0.717, 1.165) is 19.1 Å². The summed E-state index contributed by atoms with van der Waals surface area (Å²) in [4.78, 5) is 0. The number of hydrogen-bond acceptors (Lipinski definition) is 3. The van der Waals surface area contributed by atoms with E-state index in [1.807, 2.05) is 0 Å². The number of rotatable bonds is 8. The highest BCUT2D eigenvalue weighted by molar-refractivity contribution is 5.83. The van der Waals surface area contributed by atoms with Crippen molar-refractivity contribution in [2.75, 3.05) is 19.8 Å². The summed E-state index contributed by atoms with van der Waals surface area (Å²) in [6.07, 6.45) is 4.85. The molecule has 0 saturated heterocycles. The van der Waals surface area contributed by atoms with Crippen LogP contribution in [-0.4, -0.2) is 35.5 Å². The summed E-state index contributed by atoms with van der Waals surface area (Å²) in [6.45, 7) is 2.90. The Morgan fingerprint density at radius 2 is 2.10 bits per heavy atom. The molecule has 1 saturated carbocycles. The van der Waals surface area contributed by atoms with Gasteiger partial charge in [-0.3, -0.25) is 0 Å². The number of nitrogens with one attached hydrogen (secondary N) is 1. The maximum atomic E-state index is 8.73. The number of aliphatic hydroxyl groups excluding tert-OH is 1. The van der Waals surface area contributed by atoms with Crippen molar-refractivity contribution < 1.29 is 9.84 Å². The molecule has 1 aromatic carbocycles. The van der Waals surface area contributed by atoms with Crippen LogP contribution in [0.5, 0.6) is 0 Å². The number of aromatic nitrogens is 1. The SMILES string of the molecule is OCCOCCn1cc(CNC2CC2)c2ccccc21. The van der Waals surface area contributed by atoms with Crippen LogP contribution in [0.15, 0.2) is 30.5 Å². The Morgan fingerprint density at radius 1 is 1.25 bits per heavy atom. The summed E-state index contributed by atoms with van der Waals surface area (Å²) >= 11 is 0. The van der Waals surface area contributed by atoms with Crippen molar-refractivity contribution in [3.05, 3.63) is 36.0 Å². The highest BCUT2D eigenvalue weighted by atomic mass is 16.5. The first-order valence-electron chi connectivity index (χ1n) is 7.37. The maximum absolute atomic E-state index is 8.73. The van der Waals surface area contributed by atoms with E-state index in [-0.39, 0.29) is 6.61 Å². The number of para-hydroxylation sites is 1. The molecule has 1 aromatic heterocycles. The van der Waals surface area contributed by atoms with Crippen LogP contribution in [0.3, 0.4) is 0 Å². The molecule has 2 aromatic rings. The second-order valence-electron chi connectivity index (χ2n) is 5.36. The van der Waals surface area contributed by atoms with E-state index < -0.39 is 0 Å². The van der Waals surface area contributed by atoms with Crippen LogP contribution in [0.4, 0.5) is 0 Å². The zero-order chi connectivity index (χ0) is 13.8. The summed E-state index contributed by atoms with van der Waals surface area (Å²) < 4.78 is 7.61. The largest absolute Gasteiger partial charge is 0.394 e. The van der Waals surface area contributed by atoms with E-state index in [2.05, 4.69) is 40.3 Å². The maximum Gasteiger partial charge on any atom is 0.0698 e. The minimum absolute atomic E-state index is 0.0863. The minimum Gasteiger partial charge on any atom is -0.394 e. The average molecular weight is 274 g/mol. The molecule has 1 heterocycles. The van der Waals surface area contributed by atoms with Crippen molar-refractivity contribution in [2.24, 2.45) is 0 Å². The molecular formula is C16H22N2O2. The monoisotopic (exact) mass is 274 g/mol. The molecule has 0 aliphatic heterocycles. The first-order valence-corrected chi connectivity index (χ1v) is 7.37. The van der Waals surface area contributed by atoms with Crippen LogP contribution in [-0.2, 0) is 17.8 Å². The van der Waals surface area contributed by atoms with E-state index in [0.29, 0.717) is 13.2 Å². The average Bonchev–Trinajstić information content (AvgIpc) is 3.24. The molecule has 108 valence electrons. The number of ether oxygens (including phenoxy) is 1. The first kappa shape index (κ1) is 13.6. The topological polar surface area (TPSA) is 46.4 Å². The first-order chi connectivity index (χ1) is 9.88. The number of nitrogens with zero attached hydrogens (tertiary/aromatic N) is 1. The molecule has 4 heteroatoms. The van der Waals surface area contributed by atoms with Crippen LogP contribution >= 0.6 is 0 Å². The van der Waals surface area contributed by atoms with Crippen LogP contribution in [0.25, 0.3) is 10.9 Å². The van der Waals surface area contributed by atoms with E-state index in [4.69, 9.17) is 9.84 Å². The number of hydrogen-bond donors (Lipinski definition) is 2. The lowest BCUT2D eigenvalue weighted by Crippen LogP contribution is -2.15. The molecule has 1 aliphatic rings. The van der Waals surface area contributed by atoms with Crippen molar-refractivity contribution in [3.8, 4) is 0 Å². The Morgan fingerprint density at radius 3 is 2.90 bits per heavy atom. The second kappa shape index (κ2) is 6.39. The predicted octanol–water partition coefficient (Wildman–Crippen LogP) is 1.90. The van der Waals surface area contributed by atoms with Gasteiger partial charge in [-0.25, -0.2) is 0 Å². The van der Waals surface area contributed by atoms with Crippen LogP contribution in [0.2, 0.25) is 0 Å². The van der Waals surface area contributed by atoms with Gasteiger partial charge in [0.2, 0.25) is 0 Å². The van der Waals surface area contributed by atoms with Gasteiger partial charge in [-0.15, -0.1) is 0 Å². The summed E-state index contributed by atoms with van der Waals surface area (Å²) in [5.41, 5.74) is 2.61. The highest BCUT2D eigenvalue weighted by Gasteiger charge is 2.20. The molecule has 0 amide bonds. The van der Waals surface area contributed by atoms with Crippen LogP contribution in [0.1, 0.15) is 18.4 Å². The molecule has 0 atom stereocenters. The lowest BCUT2D eigenvalue weighted by molar-refractivity contribution is 0.0875. The van der Waals surface area contributed by atoms with Crippen LogP contribution in [0, 0.1) is 0 Å². The third kappa shape index (κ3) is 3.20. The molecule has 1 aliphatic carbocycles. The fourth-order valence-corrected chi connectivity index (χ4v) is 2.52. The van der Waals surface area contributed by atoms with Gasteiger partial charge in [-0.1, -0.05) is 18.2 Å². The molecule has 20 heavy (non-hydrogen) atoms. The quantitative estimate of drug-likeness (QED) is 0.723. The molecule has 3 rings (SSSR count). The number of fused-ring (bicyclic) bond motifs is 1. The van der Waals surface area contributed by atoms with E-state index in [9.17, 15) is 0 Å². The fourth-order valence-electron chi connectivity index (χ4n) is 2.52. The molecule has 0 radical (unpaired) electrons. The Labute approximate surface area is 119 Å². The summed E-state index contributed by atoms with van der Waals surface area (Å²) in [5.74, 6) is 0. The van der Waals surface area contributed by atoms with Gasteiger partial charge >= 0.3 is 0 Å². The van der Waals surface area contributed by atoms with Gasteiger partial charge in [0, 0.05) is 36.2 Å². The summed E-state index contributed by atoms with van der Waals surface area (Å²) in [6, 6.07) is 9.23. The lowest BCUT2D eigenvalue weighted by atomic mass is 10.2. The highest BCUT2D eigenvalue weighted by Crippen LogP contribution is 2.24. The third-order valence-electron chi connectivity index (χ3n) is 3.74. The van der Waals surface area contributed by atoms with Gasteiger partial charge in [0.15, 0.2) is 0 Å². The van der Waals surface area contributed by atoms with Crippen molar-refractivity contribution in [3.63, 3.8) is 0 Å². The third-order valence-corrected chi connectivity index (χ3v) is 3.74. The smallest absolute Gasteiger partial charge is 0.0698 e. The van der Waals surface area contributed by atoms with Gasteiger partial charge in [0.25, 0.3) is 0 Å². The molecule has 0 unspecified atom stereocenters. The summed E-state index contributed by atoms with van der Waals surface area (Å²) in [5, 5.41) is 13.6. The van der Waals surface area contributed by atoms with Gasteiger partial charge in [-0.05, 0) is 24.5 Å². The Kier molecular flexibility index (Phi) is 4.35. The Balaban J connectivity index is 1.72. The van der Waals surface area contributed by atoms with Gasteiger partial charge in [-0.2, -0.15) is 0 Å². The van der Waals surface area contributed by atoms with E-state index in [1.54, 1.807) is 0 Å². The number of aliphatic hydroxyl groups is 1. The Bertz CT molecular complexity index is 561. The van der Waals surface area contributed by atoms with Crippen LogP contribution < -0.4 is 5.32 Å². The lowest BCUT2D eigenvalue weighted by Gasteiger charge is -2.05. The fraction of sp³-hybridized carbons (Fsp3) is 0.500. The molecule has 4 nitrogen and oxygen atoms in total. The molecule has 0 bridgehead atoms. The molecule has 1 fully saturated rings.